The van der Waals surface area contributed by atoms with Gasteiger partial charge >= 0.3 is 12.2 Å². The second-order valence-corrected chi connectivity index (χ2v) is 16.0. The van der Waals surface area contributed by atoms with E-state index >= 15 is 0 Å². The van der Waals surface area contributed by atoms with Crippen molar-refractivity contribution in [1.82, 2.24) is 28.6 Å². The number of rotatable bonds is 2. The number of halogens is 3. The van der Waals surface area contributed by atoms with Gasteiger partial charge in [0.2, 0.25) is 0 Å². The van der Waals surface area contributed by atoms with Crippen molar-refractivity contribution < 1.29 is 23.5 Å². The van der Waals surface area contributed by atoms with Gasteiger partial charge in [-0.2, -0.15) is 0 Å². The van der Waals surface area contributed by atoms with E-state index in [9.17, 15) is 14.0 Å². The number of aromatic nitrogens is 4. The lowest BCUT2D eigenvalue weighted by Crippen LogP contribution is -2.44. The molecule has 0 saturated carbocycles. The average Bonchev–Trinajstić information content (AvgIpc) is 3.67. The van der Waals surface area contributed by atoms with Gasteiger partial charge in [0.05, 0.1) is 36.3 Å². The van der Waals surface area contributed by atoms with Crippen molar-refractivity contribution >= 4 is 60.8 Å². The maximum Gasteiger partial charge on any atom is 0.410 e. The fourth-order valence-electron chi connectivity index (χ4n) is 5.23. The monoisotopic (exact) mass is 808 g/mol. The number of nitrogens with one attached hydrogen (secondary N) is 1. The molecule has 2 aliphatic heterocycles. The van der Waals surface area contributed by atoms with Gasteiger partial charge in [-0.25, -0.2) is 23.9 Å². The fraction of sp³-hybridized carbons (Fsp3) is 0.529. The maximum atomic E-state index is 13.0. The molecule has 4 aromatic heterocycles. The van der Waals surface area contributed by atoms with Crippen molar-refractivity contribution in [3.63, 3.8) is 0 Å². The molecular formula is C34H47Br2FN8O4. The highest BCUT2D eigenvalue weighted by Crippen LogP contribution is 2.26. The molecule has 2 saturated heterocycles. The van der Waals surface area contributed by atoms with Gasteiger partial charge in [0.15, 0.2) is 0 Å². The Morgan fingerprint density at radius 1 is 0.796 bits per heavy atom. The van der Waals surface area contributed by atoms with Crippen LogP contribution in [0.25, 0.3) is 11.0 Å². The summed E-state index contributed by atoms with van der Waals surface area (Å²) in [5.41, 5.74) is 7.49. The van der Waals surface area contributed by atoms with Crippen molar-refractivity contribution in [3.05, 3.63) is 64.3 Å². The molecule has 6 rings (SSSR count). The molecular weight excluding hydrogens is 763 g/mol. The van der Waals surface area contributed by atoms with E-state index < -0.39 is 11.2 Å². The number of hydrogen-bond donors (Lipinski definition) is 2. The van der Waals surface area contributed by atoms with Crippen molar-refractivity contribution in [3.8, 4) is 0 Å². The maximum absolute atomic E-state index is 13.0. The van der Waals surface area contributed by atoms with Crippen LogP contribution >= 0.6 is 31.9 Å². The zero-order valence-electron chi connectivity index (χ0n) is 29.0. The molecule has 0 unspecified atom stereocenters. The first kappa shape index (κ1) is 38.4. The Labute approximate surface area is 303 Å². The summed E-state index contributed by atoms with van der Waals surface area (Å²) in [5, 5.41) is 3.59. The van der Waals surface area contributed by atoms with Crippen molar-refractivity contribution in [2.75, 3.05) is 31.5 Å². The minimum absolute atomic E-state index is 0.218. The average molecular weight is 811 g/mol. The van der Waals surface area contributed by atoms with Crippen molar-refractivity contribution in [2.24, 2.45) is 5.73 Å². The zero-order valence-corrected chi connectivity index (χ0v) is 32.1. The number of hydrogen-bond acceptors (Lipinski definition) is 8. The summed E-state index contributed by atoms with van der Waals surface area (Å²) in [5.74, 6) is -0.267. The second kappa shape index (κ2) is 16.5. The lowest BCUT2D eigenvalue weighted by Gasteiger charge is -2.34. The highest BCUT2D eigenvalue weighted by molar-refractivity contribution is 9.10. The Kier molecular flexibility index (Phi) is 12.9. The molecule has 0 aliphatic carbocycles. The number of nitrogens with zero attached hydrogens (tertiary/aromatic N) is 6. The number of ether oxygens (including phenoxy) is 2. The first-order chi connectivity index (χ1) is 23.0. The molecule has 2 fully saturated rings. The fourth-order valence-corrected chi connectivity index (χ4v) is 6.10. The van der Waals surface area contributed by atoms with E-state index in [4.69, 9.17) is 15.2 Å². The Morgan fingerprint density at radius 2 is 1.24 bits per heavy atom. The van der Waals surface area contributed by atoms with E-state index in [0.717, 1.165) is 54.4 Å². The minimum Gasteiger partial charge on any atom is -0.444 e. The number of nitrogens with two attached hydrogens (primary N) is 1. The van der Waals surface area contributed by atoms with E-state index in [1.54, 1.807) is 33.1 Å². The molecule has 3 N–H and O–H groups in total. The summed E-state index contributed by atoms with van der Waals surface area (Å²) in [6.45, 7) is 14.1. The third-order valence-electron chi connectivity index (χ3n) is 7.62. The Balaban J connectivity index is 0.000000183. The zero-order chi connectivity index (χ0) is 35.9. The largest absolute Gasteiger partial charge is 0.444 e. The number of fused-ring (bicyclic) bond motifs is 2. The lowest BCUT2D eigenvalue weighted by atomic mass is 10.0. The van der Waals surface area contributed by atoms with Gasteiger partial charge in [-0.3, -0.25) is 0 Å². The van der Waals surface area contributed by atoms with Crippen LogP contribution in [0.5, 0.6) is 0 Å². The number of amides is 2. The van der Waals surface area contributed by atoms with E-state index in [-0.39, 0.29) is 24.0 Å². The SMILES string of the molecule is CC(C)(C)OC(=O)N1CCC(N)CC1.CC(C)(C)OC(=O)N1CCC(Nc2cc(Br)cn3cncc23)CC1.Fc1cc(Br)cn2cncc12. The molecule has 0 atom stereocenters. The summed E-state index contributed by atoms with van der Waals surface area (Å²) in [7, 11) is 0. The predicted octanol–water partition coefficient (Wildman–Crippen LogP) is 7.49. The summed E-state index contributed by atoms with van der Waals surface area (Å²) in [6, 6.07) is 4.05. The number of carbonyl (C=O) groups is 2. The Hall–Kier alpha value is -3.43. The molecule has 0 radical (unpaired) electrons. The predicted molar refractivity (Wildman–Crippen MR) is 195 cm³/mol. The molecule has 4 aromatic rings. The van der Waals surface area contributed by atoms with Crippen LogP contribution in [0.4, 0.5) is 19.7 Å². The van der Waals surface area contributed by atoms with Gasteiger partial charge in [-0.15, -0.1) is 0 Å². The van der Waals surface area contributed by atoms with Crippen molar-refractivity contribution in [2.45, 2.75) is 90.5 Å². The molecule has 0 bridgehead atoms. The number of carbonyl (C=O) groups excluding carboxylic acids is 2. The molecule has 2 aliphatic rings. The highest BCUT2D eigenvalue weighted by Gasteiger charge is 2.27. The smallest absolute Gasteiger partial charge is 0.410 e. The number of imidazole rings is 2. The Morgan fingerprint density at radius 3 is 1.76 bits per heavy atom. The van der Waals surface area contributed by atoms with E-state index in [1.165, 1.54) is 12.3 Å². The third kappa shape index (κ3) is 11.8. The van der Waals surface area contributed by atoms with Gasteiger partial charge in [0.25, 0.3) is 0 Å². The van der Waals surface area contributed by atoms with Crippen LogP contribution in [-0.2, 0) is 9.47 Å². The standard InChI is InChI=1S/C17H23BrN4O2.C10H20N2O2.C7H4BrFN2/c1-17(2,3)24-16(23)21-6-4-13(5-7-21)20-14-8-12(18)10-22-11-19-9-15(14)22;1-10(2,3)14-9(13)12-6-4-8(11)5-7-12;8-5-1-6(9)7-2-10-4-11(7)3-5/h8-11,13,20H,4-7H2,1-3H3;8H,4-7,11H2,1-3H3;1-4H. The van der Waals surface area contributed by atoms with Gasteiger partial charge in [-0.05, 0) is 111 Å². The first-order valence-corrected chi connectivity index (χ1v) is 17.9. The minimum atomic E-state index is -0.448. The summed E-state index contributed by atoms with van der Waals surface area (Å²) >= 11 is 6.71. The quantitative estimate of drug-likeness (QED) is 0.213. The van der Waals surface area contributed by atoms with Crippen LogP contribution in [0.2, 0.25) is 0 Å². The number of pyridine rings is 2. The van der Waals surface area contributed by atoms with Crippen LogP contribution < -0.4 is 11.1 Å². The molecule has 2 amide bonds. The van der Waals surface area contributed by atoms with Crippen LogP contribution in [-0.4, -0.2) is 90.2 Å². The van der Waals surface area contributed by atoms with E-state index in [2.05, 4.69) is 53.2 Å². The third-order valence-corrected chi connectivity index (χ3v) is 8.49. The molecule has 12 nitrogen and oxygen atoms in total. The Bertz CT molecular complexity index is 1700. The van der Waals surface area contributed by atoms with Gasteiger partial charge in [0.1, 0.15) is 22.5 Å². The van der Waals surface area contributed by atoms with Crippen LogP contribution in [0.15, 0.2) is 58.5 Å². The van der Waals surface area contributed by atoms with Crippen LogP contribution in [0.1, 0.15) is 67.2 Å². The molecule has 0 aromatic carbocycles. The summed E-state index contributed by atoms with van der Waals surface area (Å²) in [4.78, 5) is 35.2. The molecule has 268 valence electrons. The molecule has 15 heteroatoms. The van der Waals surface area contributed by atoms with Gasteiger partial charge in [-0.1, -0.05) is 0 Å². The molecule has 49 heavy (non-hydrogen) atoms. The van der Waals surface area contributed by atoms with E-state index in [1.807, 2.05) is 58.3 Å². The summed E-state index contributed by atoms with van der Waals surface area (Å²) < 4.78 is 29.0. The molecule has 0 spiro atoms. The normalized spacial score (nSPS) is 16.0. The number of anilines is 1. The number of piperidine rings is 2. The van der Waals surface area contributed by atoms with E-state index in [0.29, 0.717) is 29.1 Å². The van der Waals surface area contributed by atoms with Gasteiger partial charge in [0, 0.05) is 59.6 Å². The summed E-state index contributed by atoms with van der Waals surface area (Å²) in [6.07, 6.45) is 13.5. The second-order valence-electron chi connectivity index (χ2n) is 14.1. The van der Waals surface area contributed by atoms with Crippen LogP contribution in [0, 0.1) is 5.82 Å². The van der Waals surface area contributed by atoms with Crippen molar-refractivity contribution in [1.29, 1.82) is 0 Å². The lowest BCUT2D eigenvalue weighted by molar-refractivity contribution is 0.0197. The first-order valence-electron chi connectivity index (χ1n) is 16.3. The van der Waals surface area contributed by atoms with Crippen LogP contribution in [0.3, 0.4) is 0 Å². The molecule has 6 heterocycles. The van der Waals surface area contributed by atoms with Gasteiger partial charge < -0.3 is 39.1 Å². The number of likely N-dealkylation sites (tertiary alicyclic amines) is 2. The topological polar surface area (TPSA) is 132 Å². The highest BCUT2D eigenvalue weighted by atomic mass is 79.9.